The first-order chi connectivity index (χ1) is 11.7. The summed E-state index contributed by atoms with van der Waals surface area (Å²) in [5.74, 6) is -0.0666. The van der Waals surface area contributed by atoms with E-state index in [1.807, 2.05) is 30.3 Å². The van der Waals surface area contributed by atoms with Crippen molar-refractivity contribution < 1.29 is 19.4 Å². The van der Waals surface area contributed by atoms with E-state index >= 15 is 0 Å². The Morgan fingerprint density at radius 1 is 1.12 bits per heavy atom. The molecule has 4 nitrogen and oxygen atoms in total. The van der Waals surface area contributed by atoms with Crippen molar-refractivity contribution in [1.29, 1.82) is 0 Å². The third-order valence-corrected chi connectivity index (χ3v) is 3.87. The number of ether oxygens (including phenoxy) is 2. The van der Waals surface area contributed by atoms with Crippen LogP contribution in [0.25, 0.3) is 0 Å². The van der Waals surface area contributed by atoms with Crippen LogP contribution in [0.4, 0.5) is 0 Å². The number of rotatable bonds is 8. The molecule has 2 aromatic carbocycles. The van der Waals surface area contributed by atoms with E-state index < -0.39 is 5.97 Å². The highest BCUT2D eigenvalue weighted by Gasteiger charge is 2.19. The lowest BCUT2D eigenvalue weighted by Crippen LogP contribution is -2.09. The second-order valence-electron chi connectivity index (χ2n) is 5.70. The largest absolute Gasteiger partial charge is 0.507 e. The fraction of sp³-hybridized carbons (Fsp3) is 0.350. The highest BCUT2D eigenvalue weighted by molar-refractivity contribution is 5.94. The molecule has 0 radical (unpaired) electrons. The van der Waals surface area contributed by atoms with Crippen LogP contribution in [0.2, 0.25) is 0 Å². The van der Waals surface area contributed by atoms with Crippen LogP contribution in [0, 0.1) is 0 Å². The van der Waals surface area contributed by atoms with Crippen molar-refractivity contribution in [2.75, 3.05) is 7.11 Å². The average Bonchev–Trinajstić information content (AvgIpc) is 2.60. The molecule has 0 heterocycles. The monoisotopic (exact) mass is 328 g/mol. The fourth-order valence-corrected chi connectivity index (χ4v) is 2.57. The molecular formula is C20H24O4. The molecule has 0 bridgehead atoms. The summed E-state index contributed by atoms with van der Waals surface area (Å²) in [4.78, 5) is 12.5. The molecule has 0 saturated carbocycles. The molecule has 0 saturated heterocycles. The second-order valence-corrected chi connectivity index (χ2v) is 5.70. The Balaban J connectivity index is 2.17. The van der Waals surface area contributed by atoms with Gasteiger partial charge in [-0.3, -0.25) is 0 Å². The summed E-state index contributed by atoms with van der Waals surface area (Å²) in [5, 5.41) is 10.2. The van der Waals surface area contributed by atoms with Gasteiger partial charge in [0, 0.05) is 6.07 Å². The molecule has 4 heteroatoms. The van der Waals surface area contributed by atoms with E-state index in [1.165, 1.54) is 13.2 Å². The van der Waals surface area contributed by atoms with Crippen LogP contribution in [0.3, 0.4) is 0 Å². The maximum Gasteiger partial charge on any atom is 0.342 e. The standard InChI is InChI=1S/C20H24O4/c1-3-4-6-11-16-12-17(23-2)13-18(21)19(16)20(22)24-14-15-9-7-5-8-10-15/h5,7-10,12-13,21H,3-4,6,11,14H2,1-2H3. The predicted molar refractivity (Wildman–Crippen MR) is 93.4 cm³/mol. The summed E-state index contributed by atoms with van der Waals surface area (Å²) in [6, 6.07) is 12.7. The minimum atomic E-state index is -0.509. The molecule has 0 amide bonds. The van der Waals surface area contributed by atoms with Gasteiger partial charge >= 0.3 is 5.97 Å². The molecule has 0 unspecified atom stereocenters. The molecule has 0 aliphatic rings. The molecular weight excluding hydrogens is 304 g/mol. The molecule has 0 fully saturated rings. The summed E-state index contributed by atoms with van der Waals surface area (Å²) >= 11 is 0. The SMILES string of the molecule is CCCCCc1cc(OC)cc(O)c1C(=O)OCc1ccccc1. The Morgan fingerprint density at radius 3 is 2.54 bits per heavy atom. The number of hydrogen-bond acceptors (Lipinski definition) is 4. The number of hydrogen-bond donors (Lipinski definition) is 1. The maximum absolute atomic E-state index is 12.5. The van der Waals surface area contributed by atoms with Crippen LogP contribution in [0.1, 0.15) is 47.7 Å². The molecule has 0 atom stereocenters. The highest BCUT2D eigenvalue weighted by Crippen LogP contribution is 2.30. The van der Waals surface area contributed by atoms with E-state index in [-0.39, 0.29) is 17.9 Å². The van der Waals surface area contributed by atoms with Crippen molar-refractivity contribution in [1.82, 2.24) is 0 Å². The number of carbonyl (C=O) groups excluding carboxylic acids is 1. The Kier molecular flexibility index (Phi) is 6.67. The van der Waals surface area contributed by atoms with Gasteiger partial charge in [-0.1, -0.05) is 50.1 Å². The van der Waals surface area contributed by atoms with Crippen molar-refractivity contribution in [3.63, 3.8) is 0 Å². The molecule has 1 N–H and O–H groups in total. The zero-order chi connectivity index (χ0) is 17.4. The van der Waals surface area contributed by atoms with Gasteiger partial charge < -0.3 is 14.6 Å². The van der Waals surface area contributed by atoms with E-state index in [0.29, 0.717) is 12.2 Å². The van der Waals surface area contributed by atoms with Crippen molar-refractivity contribution >= 4 is 5.97 Å². The molecule has 0 aliphatic carbocycles. The summed E-state index contributed by atoms with van der Waals surface area (Å²) in [6.07, 6.45) is 3.80. The average molecular weight is 328 g/mol. The van der Waals surface area contributed by atoms with Crippen molar-refractivity contribution in [3.8, 4) is 11.5 Å². The van der Waals surface area contributed by atoms with Crippen molar-refractivity contribution in [2.45, 2.75) is 39.2 Å². The number of phenols is 1. The first-order valence-electron chi connectivity index (χ1n) is 8.26. The van der Waals surface area contributed by atoms with Gasteiger partial charge in [0.1, 0.15) is 23.7 Å². The molecule has 128 valence electrons. The fourth-order valence-electron chi connectivity index (χ4n) is 2.57. The summed E-state index contributed by atoms with van der Waals surface area (Å²) in [6.45, 7) is 2.30. The van der Waals surface area contributed by atoms with Gasteiger partial charge in [0.05, 0.1) is 7.11 Å². The Bertz CT molecular complexity index is 665. The van der Waals surface area contributed by atoms with Crippen LogP contribution in [-0.4, -0.2) is 18.2 Å². The van der Waals surface area contributed by atoms with Crippen LogP contribution in [0.15, 0.2) is 42.5 Å². The number of phenolic OH excluding ortho intramolecular Hbond substituents is 1. The molecule has 0 aromatic heterocycles. The zero-order valence-electron chi connectivity index (χ0n) is 14.2. The molecule has 24 heavy (non-hydrogen) atoms. The van der Waals surface area contributed by atoms with Crippen LogP contribution < -0.4 is 4.74 Å². The lowest BCUT2D eigenvalue weighted by Gasteiger charge is -2.13. The van der Waals surface area contributed by atoms with E-state index in [0.717, 1.165) is 30.4 Å². The van der Waals surface area contributed by atoms with Gasteiger partial charge in [0.15, 0.2) is 0 Å². The van der Waals surface area contributed by atoms with Gasteiger partial charge in [0.25, 0.3) is 0 Å². The third-order valence-electron chi connectivity index (χ3n) is 3.87. The first-order valence-corrected chi connectivity index (χ1v) is 8.26. The van der Waals surface area contributed by atoms with Gasteiger partial charge in [-0.25, -0.2) is 4.79 Å². The van der Waals surface area contributed by atoms with Gasteiger partial charge in [-0.05, 0) is 30.0 Å². The Hall–Kier alpha value is -2.49. The zero-order valence-corrected chi connectivity index (χ0v) is 14.2. The maximum atomic E-state index is 12.5. The molecule has 0 aliphatic heterocycles. The molecule has 2 aromatic rings. The van der Waals surface area contributed by atoms with Crippen molar-refractivity contribution in [3.05, 3.63) is 59.2 Å². The quantitative estimate of drug-likeness (QED) is 0.573. The summed E-state index contributed by atoms with van der Waals surface area (Å²) in [7, 11) is 1.54. The first kappa shape index (κ1) is 17.9. The third kappa shape index (κ3) is 4.75. The number of methoxy groups -OCH3 is 1. The topological polar surface area (TPSA) is 55.8 Å². The number of carbonyl (C=O) groups is 1. The Labute approximate surface area is 143 Å². The number of aromatic hydroxyl groups is 1. The predicted octanol–water partition coefficient (Wildman–Crippen LogP) is 4.49. The van der Waals surface area contributed by atoms with Crippen LogP contribution >= 0.6 is 0 Å². The van der Waals surface area contributed by atoms with E-state index in [1.54, 1.807) is 6.07 Å². The minimum absolute atomic E-state index is 0.0982. The van der Waals surface area contributed by atoms with E-state index in [9.17, 15) is 9.90 Å². The lowest BCUT2D eigenvalue weighted by atomic mass is 10.00. The highest BCUT2D eigenvalue weighted by atomic mass is 16.5. The van der Waals surface area contributed by atoms with Crippen molar-refractivity contribution in [2.24, 2.45) is 0 Å². The minimum Gasteiger partial charge on any atom is -0.507 e. The number of esters is 1. The summed E-state index contributed by atoms with van der Waals surface area (Å²) in [5.41, 5.74) is 1.91. The molecule has 0 spiro atoms. The number of unbranched alkanes of at least 4 members (excludes halogenated alkanes) is 2. The summed E-state index contributed by atoms with van der Waals surface area (Å²) < 4.78 is 10.6. The molecule has 2 rings (SSSR count). The second kappa shape index (κ2) is 8.96. The van der Waals surface area contributed by atoms with Gasteiger partial charge in [0.2, 0.25) is 0 Å². The van der Waals surface area contributed by atoms with Gasteiger partial charge in [-0.15, -0.1) is 0 Å². The van der Waals surface area contributed by atoms with Gasteiger partial charge in [-0.2, -0.15) is 0 Å². The van der Waals surface area contributed by atoms with Crippen LogP contribution in [-0.2, 0) is 17.8 Å². The lowest BCUT2D eigenvalue weighted by molar-refractivity contribution is 0.0468. The Morgan fingerprint density at radius 2 is 1.88 bits per heavy atom. The number of benzene rings is 2. The van der Waals surface area contributed by atoms with E-state index in [2.05, 4.69) is 6.92 Å². The normalized spacial score (nSPS) is 10.4. The number of aryl methyl sites for hydroxylation is 1. The van der Waals surface area contributed by atoms with Crippen LogP contribution in [0.5, 0.6) is 11.5 Å². The smallest absolute Gasteiger partial charge is 0.342 e. The van der Waals surface area contributed by atoms with E-state index in [4.69, 9.17) is 9.47 Å².